The number of rotatable bonds is 4. The number of carboxylic acids is 1. The third-order valence-electron chi connectivity index (χ3n) is 4.67. The van der Waals surface area contributed by atoms with E-state index in [4.69, 9.17) is 0 Å². The van der Waals surface area contributed by atoms with Crippen LogP contribution in [0.15, 0.2) is 0 Å². The van der Waals surface area contributed by atoms with Gasteiger partial charge in [0.05, 0.1) is 0 Å². The highest BCUT2D eigenvalue weighted by Crippen LogP contribution is 2.35. The highest BCUT2D eigenvalue weighted by molar-refractivity contribution is 5.83. The fourth-order valence-corrected chi connectivity index (χ4v) is 3.51. The van der Waals surface area contributed by atoms with Gasteiger partial charge in [0.15, 0.2) is 0 Å². The minimum atomic E-state index is -0.908. The molecule has 0 saturated carbocycles. The summed E-state index contributed by atoms with van der Waals surface area (Å²) >= 11 is 0. The van der Waals surface area contributed by atoms with Crippen LogP contribution in [0, 0.1) is 5.41 Å². The van der Waals surface area contributed by atoms with Crippen molar-refractivity contribution in [2.45, 2.75) is 45.6 Å². The van der Waals surface area contributed by atoms with Crippen molar-refractivity contribution in [1.82, 2.24) is 15.1 Å². The maximum absolute atomic E-state index is 12.3. The molecule has 0 spiro atoms. The first-order valence-corrected chi connectivity index (χ1v) is 7.91. The summed E-state index contributed by atoms with van der Waals surface area (Å²) in [5, 5.41) is 12.3. The first-order valence-electron chi connectivity index (χ1n) is 7.91. The van der Waals surface area contributed by atoms with Gasteiger partial charge < -0.3 is 20.2 Å². The molecule has 2 N–H and O–H groups in total. The maximum Gasteiger partial charge on any atom is 0.327 e. The number of hydrogen-bond acceptors (Lipinski definition) is 3. The fraction of sp³-hybridized carbons (Fsp3) is 0.867. The molecule has 0 radical (unpaired) electrons. The number of carboxylic acid groups (broad SMARTS) is 1. The molecule has 0 bridgehead atoms. The van der Waals surface area contributed by atoms with Crippen molar-refractivity contribution in [2.24, 2.45) is 5.41 Å². The topological polar surface area (TPSA) is 72.9 Å². The lowest BCUT2D eigenvalue weighted by Crippen LogP contribution is -2.59. The highest BCUT2D eigenvalue weighted by Gasteiger charge is 2.44. The minimum Gasteiger partial charge on any atom is -0.480 e. The zero-order valence-electron chi connectivity index (χ0n) is 13.1. The summed E-state index contributed by atoms with van der Waals surface area (Å²) in [6, 6.07) is -0.979. The van der Waals surface area contributed by atoms with E-state index in [2.05, 4.69) is 10.2 Å². The molecule has 6 nitrogen and oxygen atoms in total. The summed E-state index contributed by atoms with van der Waals surface area (Å²) in [7, 11) is 0. The Hall–Kier alpha value is -1.30. The van der Waals surface area contributed by atoms with E-state index in [9.17, 15) is 14.7 Å². The Labute approximate surface area is 126 Å². The number of amides is 2. The predicted octanol–water partition coefficient (Wildman–Crippen LogP) is 1.37. The van der Waals surface area contributed by atoms with Gasteiger partial charge in [-0.25, -0.2) is 9.59 Å². The van der Waals surface area contributed by atoms with Crippen LogP contribution in [0.5, 0.6) is 0 Å². The van der Waals surface area contributed by atoms with Gasteiger partial charge in [0, 0.05) is 19.6 Å². The zero-order valence-corrected chi connectivity index (χ0v) is 13.1. The van der Waals surface area contributed by atoms with Crippen LogP contribution in [-0.2, 0) is 4.79 Å². The number of piperidine rings is 1. The lowest BCUT2D eigenvalue weighted by Gasteiger charge is -2.43. The molecule has 0 aromatic heterocycles. The van der Waals surface area contributed by atoms with Crippen molar-refractivity contribution in [2.75, 3.05) is 32.7 Å². The highest BCUT2D eigenvalue weighted by atomic mass is 16.4. The first kappa shape index (κ1) is 16.1. The second kappa shape index (κ2) is 6.64. The number of carbonyl (C=O) groups is 2. The summed E-state index contributed by atoms with van der Waals surface area (Å²) in [5.41, 5.74) is -0.379. The Morgan fingerprint density at radius 3 is 2.48 bits per heavy atom. The van der Waals surface area contributed by atoms with Crippen molar-refractivity contribution in [1.29, 1.82) is 0 Å². The third-order valence-corrected chi connectivity index (χ3v) is 4.67. The summed E-state index contributed by atoms with van der Waals surface area (Å²) in [5.74, 6) is -0.908. The van der Waals surface area contributed by atoms with Gasteiger partial charge in [-0.1, -0.05) is 13.8 Å². The van der Waals surface area contributed by atoms with E-state index in [1.807, 2.05) is 13.8 Å². The summed E-state index contributed by atoms with van der Waals surface area (Å²) in [6.45, 7) is 8.01. The van der Waals surface area contributed by atoms with Crippen molar-refractivity contribution >= 4 is 12.0 Å². The molecule has 1 unspecified atom stereocenters. The normalized spacial score (nSPS) is 25.8. The van der Waals surface area contributed by atoms with E-state index < -0.39 is 12.0 Å². The van der Waals surface area contributed by atoms with Crippen LogP contribution in [0.25, 0.3) is 0 Å². The number of nitrogens with one attached hydrogen (secondary N) is 1. The van der Waals surface area contributed by atoms with Crippen LogP contribution in [-0.4, -0.2) is 65.7 Å². The Kier molecular flexibility index (Phi) is 5.08. The Morgan fingerprint density at radius 1 is 1.19 bits per heavy atom. The van der Waals surface area contributed by atoms with E-state index in [1.54, 1.807) is 0 Å². The molecule has 6 heteroatoms. The molecular weight excluding hydrogens is 270 g/mol. The molecule has 2 aliphatic rings. The maximum atomic E-state index is 12.3. The molecule has 2 saturated heterocycles. The Balaban J connectivity index is 1.88. The van der Waals surface area contributed by atoms with Crippen LogP contribution in [0.4, 0.5) is 4.79 Å². The van der Waals surface area contributed by atoms with E-state index in [1.165, 1.54) is 17.7 Å². The van der Waals surface area contributed by atoms with E-state index in [-0.39, 0.29) is 11.4 Å². The second-order valence-electron chi connectivity index (χ2n) is 6.81. The van der Waals surface area contributed by atoms with Crippen LogP contribution < -0.4 is 5.32 Å². The number of likely N-dealkylation sites (tertiary alicyclic amines) is 2. The van der Waals surface area contributed by atoms with Gasteiger partial charge in [-0.15, -0.1) is 0 Å². The van der Waals surface area contributed by atoms with E-state index >= 15 is 0 Å². The zero-order chi connectivity index (χ0) is 15.5. The van der Waals surface area contributed by atoms with Crippen LogP contribution in [0.1, 0.15) is 39.5 Å². The molecule has 2 rings (SSSR count). The number of aliphatic carboxylic acids is 1. The Bertz CT molecular complexity index is 392. The largest absolute Gasteiger partial charge is 0.480 e. The predicted molar refractivity (Wildman–Crippen MR) is 80.2 cm³/mol. The standard InChI is InChI=1S/C15H27N3O3/c1-15(2)6-5-10-18(12(15)13(19)20)14(21)16-7-11-17-8-3-4-9-17/h12H,3-11H2,1-2H3,(H,16,21)(H,19,20). The molecule has 2 heterocycles. The molecule has 0 aliphatic carbocycles. The van der Waals surface area contributed by atoms with Crippen LogP contribution >= 0.6 is 0 Å². The quantitative estimate of drug-likeness (QED) is 0.822. The SMILES string of the molecule is CC1(C)CCCN(C(=O)NCCN2CCCC2)C1C(=O)O. The van der Waals surface area contributed by atoms with Gasteiger partial charge in [0.2, 0.25) is 0 Å². The summed E-state index contributed by atoms with van der Waals surface area (Å²) < 4.78 is 0. The number of carbonyl (C=O) groups excluding carboxylic acids is 1. The van der Waals surface area contributed by atoms with Crippen molar-refractivity contribution < 1.29 is 14.7 Å². The first-order chi connectivity index (χ1) is 9.92. The van der Waals surface area contributed by atoms with Gasteiger partial charge in [-0.05, 0) is 44.2 Å². The van der Waals surface area contributed by atoms with Gasteiger partial charge in [0.1, 0.15) is 6.04 Å². The van der Waals surface area contributed by atoms with Crippen LogP contribution in [0.2, 0.25) is 0 Å². The number of nitrogens with zero attached hydrogens (tertiary/aromatic N) is 2. The molecular formula is C15H27N3O3. The lowest BCUT2D eigenvalue weighted by atomic mass is 9.76. The van der Waals surface area contributed by atoms with Gasteiger partial charge in [0.25, 0.3) is 0 Å². The van der Waals surface area contributed by atoms with Crippen molar-refractivity contribution in [3.8, 4) is 0 Å². The van der Waals surface area contributed by atoms with Crippen molar-refractivity contribution in [3.05, 3.63) is 0 Å². The summed E-state index contributed by atoms with van der Waals surface area (Å²) in [4.78, 5) is 27.7. The van der Waals surface area contributed by atoms with Gasteiger partial charge >= 0.3 is 12.0 Å². The monoisotopic (exact) mass is 297 g/mol. The molecule has 0 aromatic rings. The number of urea groups is 1. The summed E-state index contributed by atoms with van der Waals surface area (Å²) in [6.07, 6.45) is 4.16. The smallest absolute Gasteiger partial charge is 0.327 e. The third kappa shape index (κ3) is 3.87. The van der Waals surface area contributed by atoms with Crippen LogP contribution in [0.3, 0.4) is 0 Å². The average Bonchev–Trinajstić information content (AvgIpc) is 2.89. The fourth-order valence-electron chi connectivity index (χ4n) is 3.51. The second-order valence-corrected chi connectivity index (χ2v) is 6.81. The molecule has 0 aromatic carbocycles. The number of hydrogen-bond donors (Lipinski definition) is 2. The average molecular weight is 297 g/mol. The molecule has 21 heavy (non-hydrogen) atoms. The Morgan fingerprint density at radius 2 is 1.86 bits per heavy atom. The van der Waals surface area contributed by atoms with E-state index in [0.717, 1.165) is 32.5 Å². The van der Waals surface area contributed by atoms with Gasteiger partial charge in [-0.3, -0.25) is 0 Å². The minimum absolute atomic E-state index is 0.241. The van der Waals surface area contributed by atoms with Gasteiger partial charge in [-0.2, -0.15) is 0 Å². The van der Waals surface area contributed by atoms with Crippen molar-refractivity contribution in [3.63, 3.8) is 0 Å². The van der Waals surface area contributed by atoms with E-state index in [0.29, 0.717) is 13.1 Å². The molecule has 120 valence electrons. The molecule has 2 fully saturated rings. The molecule has 1 atom stereocenters. The molecule has 2 aliphatic heterocycles. The lowest BCUT2D eigenvalue weighted by molar-refractivity contribution is -0.148. The molecule has 2 amide bonds.